The predicted octanol–water partition coefficient (Wildman–Crippen LogP) is 4.20. The molecule has 4 aromatic rings. The second-order valence-electron chi connectivity index (χ2n) is 8.03. The molecule has 0 aliphatic heterocycles. The summed E-state index contributed by atoms with van der Waals surface area (Å²) in [6.07, 6.45) is 5.02. The first-order chi connectivity index (χ1) is 16.4. The Kier molecular flexibility index (Phi) is 5.55. The summed E-state index contributed by atoms with van der Waals surface area (Å²) < 4.78 is 1.47. The SMILES string of the molecule is Cc1nc(N)c(Cl)c(N[C@H](c2nc3c(Cl)ccc(C#N)c3c(=O)n2-c2cccnc2)C2CC2)n1. The monoisotopic (exact) mass is 492 g/mol. The third-order valence-electron chi connectivity index (χ3n) is 5.68. The number of nitrogen functional groups attached to an aromatic ring is 1. The molecular formula is C23H18Cl2N8O. The summed E-state index contributed by atoms with van der Waals surface area (Å²) in [5.74, 6) is 1.54. The average molecular weight is 493 g/mol. The number of benzene rings is 1. The van der Waals surface area contributed by atoms with Gasteiger partial charge in [-0.05, 0) is 49.9 Å². The van der Waals surface area contributed by atoms with Gasteiger partial charge >= 0.3 is 0 Å². The minimum absolute atomic E-state index is 0.150. The fourth-order valence-corrected chi connectivity index (χ4v) is 4.29. The first-order valence-corrected chi connectivity index (χ1v) is 11.3. The van der Waals surface area contributed by atoms with Gasteiger partial charge < -0.3 is 11.1 Å². The Morgan fingerprint density at radius 1 is 1.24 bits per heavy atom. The van der Waals surface area contributed by atoms with E-state index in [1.807, 2.05) is 0 Å². The highest BCUT2D eigenvalue weighted by atomic mass is 35.5. The normalized spacial score (nSPS) is 14.1. The maximum atomic E-state index is 13.8. The Balaban J connectivity index is 1.80. The molecule has 0 unspecified atom stereocenters. The second kappa shape index (κ2) is 8.56. The lowest BCUT2D eigenvalue weighted by Crippen LogP contribution is -2.30. The average Bonchev–Trinajstić information content (AvgIpc) is 3.67. The Morgan fingerprint density at radius 2 is 2.03 bits per heavy atom. The minimum atomic E-state index is -0.440. The van der Waals surface area contributed by atoms with Gasteiger partial charge in [-0.1, -0.05) is 23.2 Å². The van der Waals surface area contributed by atoms with Crippen LogP contribution in [-0.2, 0) is 0 Å². The van der Waals surface area contributed by atoms with Crippen molar-refractivity contribution in [2.24, 2.45) is 5.92 Å². The van der Waals surface area contributed by atoms with Crippen LogP contribution in [0.4, 0.5) is 11.6 Å². The number of nitrogens with one attached hydrogen (secondary N) is 1. The molecular weight excluding hydrogens is 475 g/mol. The smallest absolute Gasteiger partial charge is 0.267 e. The van der Waals surface area contributed by atoms with E-state index in [0.717, 1.165) is 12.8 Å². The number of hydrogen-bond acceptors (Lipinski definition) is 8. The van der Waals surface area contributed by atoms with E-state index in [9.17, 15) is 10.1 Å². The van der Waals surface area contributed by atoms with Crippen LogP contribution >= 0.6 is 23.2 Å². The van der Waals surface area contributed by atoms with Gasteiger partial charge in [-0.3, -0.25) is 14.3 Å². The van der Waals surface area contributed by atoms with Gasteiger partial charge in [-0.15, -0.1) is 0 Å². The molecule has 1 atom stereocenters. The molecule has 1 saturated carbocycles. The lowest BCUT2D eigenvalue weighted by molar-refractivity contribution is 0.608. The fourth-order valence-electron chi connectivity index (χ4n) is 3.96. The van der Waals surface area contributed by atoms with Crippen molar-refractivity contribution in [2.75, 3.05) is 11.1 Å². The molecule has 0 spiro atoms. The molecule has 3 N–H and O–H groups in total. The number of aromatic nitrogens is 5. The van der Waals surface area contributed by atoms with Crippen molar-refractivity contribution < 1.29 is 0 Å². The molecule has 170 valence electrons. The number of pyridine rings is 1. The minimum Gasteiger partial charge on any atom is -0.382 e. The molecule has 3 aromatic heterocycles. The number of rotatable bonds is 5. The number of fused-ring (bicyclic) bond motifs is 1. The van der Waals surface area contributed by atoms with Crippen LogP contribution in [0.15, 0.2) is 41.5 Å². The van der Waals surface area contributed by atoms with Crippen LogP contribution in [0.25, 0.3) is 16.6 Å². The molecule has 0 radical (unpaired) electrons. The topological polar surface area (TPSA) is 135 Å². The predicted molar refractivity (Wildman–Crippen MR) is 130 cm³/mol. The molecule has 34 heavy (non-hydrogen) atoms. The van der Waals surface area contributed by atoms with Crippen molar-refractivity contribution in [3.05, 3.63) is 74.3 Å². The third kappa shape index (κ3) is 3.81. The van der Waals surface area contributed by atoms with Crippen LogP contribution in [0.3, 0.4) is 0 Å². The zero-order chi connectivity index (χ0) is 24.0. The van der Waals surface area contributed by atoms with Crippen LogP contribution in [0, 0.1) is 24.2 Å². The Labute approximate surface area is 204 Å². The molecule has 0 saturated heterocycles. The molecule has 1 aliphatic rings. The van der Waals surface area contributed by atoms with Crippen molar-refractivity contribution in [3.63, 3.8) is 0 Å². The number of nitrogens with zero attached hydrogens (tertiary/aromatic N) is 6. The highest BCUT2D eigenvalue weighted by molar-refractivity contribution is 6.35. The highest BCUT2D eigenvalue weighted by Gasteiger charge is 2.37. The van der Waals surface area contributed by atoms with E-state index in [-0.39, 0.29) is 38.2 Å². The van der Waals surface area contributed by atoms with Crippen LogP contribution in [-0.4, -0.2) is 24.5 Å². The number of hydrogen-bond donors (Lipinski definition) is 2. The van der Waals surface area contributed by atoms with Gasteiger partial charge in [-0.25, -0.2) is 15.0 Å². The summed E-state index contributed by atoms with van der Waals surface area (Å²) in [7, 11) is 0. The van der Waals surface area contributed by atoms with E-state index in [4.69, 9.17) is 33.9 Å². The van der Waals surface area contributed by atoms with Gasteiger partial charge in [0.15, 0.2) is 5.82 Å². The molecule has 1 aromatic carbocycles. The van der Waals surface area contributed by atoms with E-state index in [2.05, 4.69) is 26.3 Å². The number of nitriles is 1. The van der Waals surface area contributed by atoms with Crippen LogP contribution in [0.5, 0.6) is 0 Å². The summed E-state index contributed by atoms with van der Waals surface area (Å²) in [4.78, 5) is 31.3. The largest absolute Gasteiger partial charge is 0.382 e. The van der Waals surface area contributed by atoms with E-state index in [1.54, 1.807) is 37.5 Å². The molecule has 0 amide bonds. The Hall–Kier alpha value is -3.74. The summed E-state index contributed by atoms with van der Waals surface area (Å²) in [6, 6.07) is 8.20. The zero-order valence-electron chi connectivity index (χ0n) is 18.0. The van der Waals surface area contributed by atoms with E-state index < -0.39 is 11.6 Å². The van der Waals surface area contributed by atoms with Crippen LogP contribution < -0.4 is 16.6 Å². The van der Waals surface area contributed by atoms with Crippen molar-refractivity contribution in [2.45, 2.75) is 25.8 Å². The maximum Gasteiger partial charge on any atom is 0.267 e. The molecule has 0 bridgehead atoms. The third-order valence-corrected chi connectivity index (χ3v) is 6.36. The molecule has 1 fully saturated rings. The first-order valence-electron chi connectivity index (χ1n) is 10.5. The van der Waals surface area contributed by atoms with Crippen molar-refractivity contribution >= 4 is 45.7 Å². The van der Waals surface area contributed by atoms with E-state index >= 15 is 0 Å². The number of nitrogens with two attached hydrogens (primary N) is 1. The number of aryl methyl sites for hydroxylation is 1. The lowest BCUT2D eigenvalue weighted by atomic mass is 10.1. The second-order valence-corrected chi connectivity index (χ2v) is 8.82. The van der Waals surface area contributed by atoms with Crippen molar-refractivity contribution in [3.8, 4) is 11.8 Å². The van der Waals surface area contributed by atoms with Crippen LogP contribution in [0.1, 0.15) is 36.1 Å². The fraction of sp³-hybridized carbons (Fsp3) is 0.217. The van der Waals surface area contributed by atoms with E-state index in [1.165, 1.54) is 10.6 Å². The summed E-state index contributed by atoms with van der Waals surface area (Å²) >= 11 is 12.8. The quantitative estimate of drug-likeness (QED) is 0.422. The van der Waals surface area contributed by atoms with Gasteiger partial charge in [0, 0.05) is 6.20 Å². The summed E-state index contributed by atoms with van der Waals surface area (Å²) in [5.41, 5.74) is 6.50. The summed E-state index contributed by atoms with van der Waals surface area (Å²) in [6.45, 7) is 1.72. The number of halogens is 2. The number of anilines is 2. The van der Waals surface area contributed by atoms with Crippen LogP contribution in [0.2, 0.25) is 10.0 Å². The molecule has 11 heteroatoms. The van der Waals surface area contributed by atoms with Crippen molar-refractivity contribution in [1.29, 1.82) is 5.26 Å². The Morgan fingerprint density at radius 3 is 2.71 bits per heavy atom. The molecule has 9 nitrogen and oxygen atoms in total. The van der Waals surface area contributed by atoms with E-state index in [0.29, 0.717) is 23.2 Å². The zero-order valence-corrected chi connectivity index (χ0v) is 19.5. The Bertz CT molecular complexity index is 1530. The van der Waals surface area contributed by atoms with Gasteiger partial charge in [0.25, 0.3) is 5.56 Å². The first kappa shape index (κ1) is 22.1. The molecule has 5 rings (SSSR count). The van der Waals surface area contributed by atoms with Gasteiger partial charge in [0.05, 0.1) is 39.4 Å². The standard InChI is InChI=1S/C23H18Cl2N8O/c1-11-29-20(27)17(25)21(30-11)31-18(12-4-5-12)22-32-19-15(24)7-6-13(9-26)16(19)23(34)33(22)14-3-2-8-28-10-14/h2-3,6-8,10,12,18H,4-5H2,1H3,(H3,27,29,30,31)/t18-/m0/s1. The van der Waals surface area contributed by atoms with Gasteiger partial charge in [0.1, 0.15) is 28.6 Å². The van der Waals surface area contributed by atoms with Gasteiger partial charge in [-0.2, -0.15) is 5.26 Å². The summed E-state index contributed by atoms with van der Waals surface area (Å²) in [5, 5.41) is 13.6. The van der Waals surface area contributed by atoms with Gasteiger partial charge in [0.2, 0.25) is 0 Å². The lowest BCUT2D eigenvalue weighted by Gasteiger charge is -2.24. The van der Waals surface area contributed by atoms with Crippen molar-refractivity contribution in [1.82, 2.24) is 24.5 Å². The highest BCUT2D eigenvalue weighted by Crippen LogP contribution is 2.44. The molecule has 1 aliphatic carbocycles. The maximum absolute atomic E-state index is 13.8. The molecule has 3 heterocycles.